The highest BCUT2D eigenvalue weighted by atomic mass is 16.5. The summed E-state index contributed by atoms with van der Waals surface area (Å²) < 4.78 is 5.13. The molecule has 0 aromatic heterocycles. The van der Waals surface area contributed by atoms with Crippen LogP contribution in [0.5, 0.6) is 0 Å². The molecule has 0 bridgehead atoms. The van der Waals surface area contributed by atoms with Crippen LogP contribution in [0.25, 0.3) is 0 Å². The van der Waals surface area contributed by atoms with Crippen molar-refractivity contribution < 1.29 is 19.4 Å². The third kappa shape index (κ3) is 7.23. The van der Waals surface area contributed by atoms with Crippen LogP contribution < -0.4 is 5.32 Å². The number of carbonyl (C=O) groups is 2. The van der Waals surface area contributed by atoms with E-state index in [1.165, 1.54) is 0 Å². The smallest absolute Gasteiger partial charge is 0.326 e. The van der Waals surface area contributed by atoms with E-state index in [-0.39, 0.29) is 5.91 Å². The second-order valence-corrected chi connectivity index (χ2v) is 3.61. The fourth-order valence-electron chi connectivity index (χ4n) is 1.19. The Balaban J connectivity index is 0.000000293. The lowest BCUT2D eigenvalue weighted by atomic mass is 10.2. The molecule has 1 unspecified atom stereocenters. The summed E-state index contributed by atoms with van der Waals surface area (Å²) in [5, 5.41) is 10.6. The zero-order valence-electron chi connectivity index (χ0n) is 9.99. The Hall–Kier alpha value is -1.10. The van der Waals surface area contributed by atoms with Crippen molar-refractivity contribution in [2.75, 3.05) is 13.2 Å². The molecular formula is C11H21NO4. The third-order valence-electron chi connectivity index (χ3n) is 1.99. The van der Waals surface area contributed by atoms with E-state index in [1.54, 1.807) is 0 Å². The fraction of sp³-hybridized carbons (Fsp3) is 0.818. The van der Waals surface area contributed by atoms with Crippen LogP contribution >= 0.6 is 0 Å². The largest absolute Gasteiger partial charge is 0.480 e. The Morgan fingerprint density at radius 1 is 1.44 bits per heavy atom. The van der Waals surface area contributed by atoms with Crippen LogP contribution in [0, 0.1) is 0 Å². The standard InChI is InChI=1S/C6H14O.C5H7NO3/c1-3-5-7-6-4-2;7-4-2-1-3(6-4)5(8)9/h3-6H2,1-2H3;3H,1-2H2,(H,6,7)(H,8,9). The quantitative estimate of drug-likeness (QED) is 0.696. The molecule has 94 valence electrons. The minimum absolute atomic E-state index is 0.164. The van der Waals surface area contributed by atoms with Crippen LogP contribution in [-0.2, 0) is 14.3 Å². The van der Waals surface area contributed by atoms with Crippen LogP contribution in [0.4, 0.5) is 0 Å². The summed E-state index contributed by atoms with van der Waals surface area (Å²) in [6.07, 6.45) is 3.05. The van der Waals surface area contributed by atoms with E-state index in [0.29, 0.717) is 12.8 Å². The lowest BCUT2D eigenvalue weighted by molar-refractivity contribution is -0.140. The maximum Gasteiger partial charge on any atom is 0.326 e. The molecule has 5 heteroatoms. The molecule has 0 saturated carbocycles. The number of hydrogen-bond donors (Lipinski definition) is 2. The van der Waals surface area contributed by atoms with Crippen molar-refractivity contribution in [1.82, 2.24) is 5.32 Å². The molecule has 1 amide bonds. The van der Waals surface area contributed by atoms with Crippen LogP contribution in [-0.4, -0.2) is 36.2 Å². The first kappa shape index (κ1) is 14.9. The number of carboxylic acids is 1. The van der Waals surface area contributed by atoms with Gasteiger partial charge in [0.2, 0.25) is 5.91 Å². The van der Waals surface area contributed by atoms with E-state index in [0.717, 1.165) is 26.1 Å². The predicted molar refractivity (Wildman–Crippen MR) is 60.2 cm³/mol. The molecule has 0 aliphatic carbocycles. The molecule has 1 rings (SSSR count). The molecular weight excluding hydrogens is 210 g/mol. The number of rotatable bonds is 5. The lowest BCUT2D eigenvalue weighted by Gasteiger charge is -1.99. The van der Waals surface area contributed by atoms with Gasteiger partial charge in [-0.15, -0.1) is 0 Å². The molecule has 0 spiro atoms. The van der Waals surface area contributed by atoms with Crippen molar-refractivity contribution in [3.05, 3.63) is 0 Å². The van der Waals surface area contributed by atoms with E-state index in [4.69, 9.17) is 9.84 Å². The maximum absolute atomic E-state index is 10.4. The number of nitrogens with one attached hydrogen (secondary N) is 1. The summed E-state index contributed by atoms with van der Waals surface area (Å²) in [5.74, 6) is -1.11. The molecule has 1 aliphatic rings. The van der Waals surface area contributed by atoms with Gasteiger partial charge in [-0.05, 0) is 19.3 Å². The van der Waals surface area contributed by atoms with Crippen LogP contribution in [0.3, 0.4) is 0 Å². The summed E-state index contributed by atoms with van der Waals surface area (Å²) in [6, 6.07) is -0.641. The number of amides is 1. The first-order chi connectivity index (χ1) is 7.61. The third-order valence-corrected chi connectivity index (χ3v) is 1.99. The number of carbonyl (C=O) groups excluding carboxylic acids is 1. The van der Waals surface area contributed by atoms with Crippen LogP contribution in [0.2, 0.25) is 0 Å². The Bertz CT molecular complexity index is 214. The molecule has 1 aliphatic heterocycles. The summed E-state index contributed by atoms with van der Waals surface area (Å²) in [7, 11) is 0. The van der Waals surface area contributed by atoms with Crippen LogP contribution in [0.15, 0.2) is 0 Å². The molecule has 2 N–H and O–H groups in total. The molecule has 1 fully saturated rings. The predicted octanol–water partition coefficient (Wildman–Crippen LogP) is 1.17. The monoisotopic (exact) mass is 231 g/mol. The zero-order valence-corrected chi connectivity index (χ0v) is 9.99. The van der Waals surface area contributed by atoms with Crippen molar-refractivity contribution >= 4 is 11.9 Å². The molecule has 5 nitrogen and oxygen atoms in total. The van der Waals surface area contributed by atoms with Crippen molar-refractivity contribution in [3.8, 4) is 0 Å². The van der Waals surface area contributed by atoms with Gasteiger partial charge in [-0.3, -0.25) is 4.79 Å². The fourth-order valence-corrected chi connectivity index (χ4v) is 1.19. The Morgan fingerprint density at radius 3 is 2.25 bits per heavy atom. The summed E-state index contributed by atoms with van der Waals surface area (Å²) >= 11 is 0. The molecule has 0 aromatic rings. The van der Waals surface area contributed by atoms with Gasteiger partial charge >= 0.3 is 5.97 Å². The van der Waals surface area contributed by atoms with Gasteiger partial charge in [0.05, 0.1) is 0 Å². The molecule has 1 atom stereocenters. The van der Waals surface area contributed by atoms with Gasteiger partial charge in [-0.2, -0.15) is 0 Å². The summed E-state index contributed by atoms with van der Waals surface area (Å²) in [6.45, 7) is 6.09. The second kappa shape index (κ2) is 9.15. The minimum atomic E-state index is -0.944. The van der Waals surface area contributed by atoms with Gasteiger partial charge in [0.15, 0.2) is 0 Å². The van der Waals surface area contributed by atoms with Crippen molar-refractivity contribution in [1.29, 1.82) is 0 Å². The second-order valence-electron chi connectivity index (χ2n) is 3.61. The van der Waals surface area contributed by atoms with Gasteiger partial charge in [0.1, 0.15) is 6.04 Å². The summed E-state index contributed by atoms with van der Waals surface area (Å²) in [4.78, 5) is 20.5. The molecule has 1 saturated heterocycles. The van der Waals surface area contributed by atoms with Crippen molar-refractivity contribution in [2.45, 2.75) is 45.6 Å². The Morgan fingerprint density at radius 2 is 2.00 bits per heavy atom. The highest BCUT2D eigenvalue weighted by Crippen LogP contribution is 2.05. The van der Waals surface area contributed by atoms with Gasteiger partial charge < -0.3 is 15.2 Å². The molecule has 1 heterocycles. The number of ether oxygens (including phenoxy) is 1. The van der Waals surface area contributed by atoms with E-state index >= 15 is 0 Å². The maximum atomic E-state index is 10.4. The highest BCUT2D eigenvalue weighted by Gasteiger charge is 2.26. The first-order valence-electron chi connectivity index (χ1n) is 5.71. The van der Waals surface area contributed by atoms with E-state index in [2.05, 4.69) is 19.2 Å². The number of carboxylic acid groups (broad SMARTS) is 1. The Labute approximate surface area is 96.2 Å². The van der Waals surface area contributed by atoms with Gasteiger partial charge in [0, 0.05) is 19.6 Å². The number of hydrogen-bond acceptors (Lipinski definition) is 3. The summed E-state index contributed by atoms with van der Waals surface area (Å²) in [5.41, 5.74) is 0. The van der Waals surface area contributed by atoms with Crippen molar-refractivity contribution in [2.24, 2.45) is 0 Å². The normalized spacial score (nSPS) is 18.6. The van der Waals surface area contributed by atoms with E-state index in [9.17, 15) is 9.59 Å². The van der Waals surface area contributed by atoms with E-state index in [1.807, 2.05) is 0 Å². The topological polar surface area (TPSA) is 75.6 Å². The average Bonchev–Trinajstić information content (AvgIpc) is 2.67. The average molecular weight is 231 g/mol. The molecule has 0 radical (unpaired) electrons. The van der Waals surface area contributed by atoms with E-state index < -0.39 is 12.0 Å². The van der Waals surface area contributed by atoms with Gasteiger partial charge in [-0.25, -0.2) is 4.79 Å². The molecule has 16 heavy (non-hydrogen) atoms. The number of aliphatic carboxylic acids is 1. The van der Waals surface area contributed by atoms with Gasteiger partial charge in [0.25, 0.3) is 0 Å². The Kier molecular flexibility index (Phi) is 8.52. The van der Waals surface area contributed by atoms with Crippen molar-refractivity contribution in [3.63, 3.8) is 0 Å². The van der Waals surface area contributed by atoms with Crippen LogP contribution in [0.1, 0.15) is 39.5 Å². The zero-order chi connectivity index (χ0) is 12.4. The molecule has 0 aromatic carbocycles. The minimum Gasteiger partial charge on any atom is -0.480 e. The van der Waals surface area contributed by atoms with Gasteiger partial charge in [-0.1, -0.05) is 13.8 Å². The SMILES string of the molecule is CCCOCCC.O=C1CCC(C(=O)O)N1. The highest BCUT2D eigenvalue weighted by molar-refractivity contribution is 5.87. The lowest BCUT2D eigenvalue weighted by Crippen LogP contribution is -2.32. The first-order valence-corrected chi connectivity index (χ1v) is 5.71.